The molecule has 0 saturated carbocycles. The summed E-state index contributed by atoms with van der Waals surface area (Å²) in [6.07, 6.45) is 3.30. The number of nitrogens with zero attached hydrogens (tertiary/aromatic N) is 3. The van der Waals surface area contributed by atoms with Gasteiger partial charge in [-0.1, -0.05) is 31.5 Å². The van der Waals surface area contributed by atoms with Gasteiger partial charge in [0.05, 0.1) is 5.52 Å². The second kappa shape index (κ2) is 8.26. The van der Waals surface area contributed by atoms with Crippen LogP contribution >= 0.6 is 23.4 Å². The zero-order valence-electron chi connectivity index (χ0n) is 15.6. The third kappa shape index (κ3) is 4.30. The summed E-state index contributed by atoms with van der Waals surface area (Å²) < 4.78 is 0. The molecular weight excluding hydrogens is 350 g/mol. The number of hydrogen-bond acceptors (Lipinski definition) is 4. The van der Waals surface area contributed by atoms with Gasteiger partial charge in [-0.2, -0.15) is 0 Å². The third-order valence-electron chi connectivity index (χ3n) is 5.43. The number of hydrogen-bond donors (Lipinski definition) is 0. The summed E-state index contributed by atoms with van der Waals surface area (Å²) in [5.74, 6) is 0.676. The first-order valence-corrected chi connectivity index (χ1v) is 10.7. The summed E-state index contributed by atoms with van der Waals surface area (Å²) in [5, 5.41) is 1.80. The quantitative estimate of drug-likeness (QED) is 0.551. The van der Waals surface area contributed by atoms with Crippen LogP contribution in [-0.4, -0.2) is 53.8 Å². The molecule has 0 radical (unpaired) electrons. The van der Waals surface area contributed by atoms with Crippen LogP contribution in [0.2, 0.25) is 5.15 Å². The maximum atomic E-state index is 6.51. The van der Waals surface area contributed by atoms with Crippen molar-refractivity contribution in [1.29, 1.82) is 0 Å². The van der Waals surface area contributed by atoms with Crippen molar-refractivity contribution in [3.8, 4) is 0 Å². The first-order chi connectivity index (χ1) is 12.0. The average Bonchev–Trinajstić information content (AvgIpc) is 2.61. The van der Waals surface area contributed by atoms with E-state index in [-0.39, 0.29) is 0 Å². The Labute approximate surface area is 160 Å². The van der Waals surface area contributed by atoms with Crippen LogP contribution in [0.25, 0.3) is 10.9 Å². The molecular formula is C20H28ClN3S. The maximum Gasteiger partial charge on any atom is 0.134 e. The molecule has 2 atom stereocenters. The molecule has 0 aliphatic carbocycles. The lowest BCUT2D eigenvalue weighted by atomic mass is 9.92. The maximum absolute atomic E-state index is 6.51. The zero-order chi connectivity index (χ0) is 18.0. The van der Waals surface area contributed by atoms with E-state index in [9.17, 15) is 0 Å². The lowest BCUT2D eigenvalue weighted by Crippen LogP contribution is -2.48. The van der Waals surface area contributed by atoms with Gasteiger partial charge in [0, 0.05) is 35.0 Å². The molecule has 1 aromatic carbocycles. The molecule has 1 aliphatic heterocycles. The molecule has 5 heteroatoms. The Hall–Kier alpha value is -0.810. The Bertz CT molecular complexity index is 736. The smallest absolute Gasteiger partial charge is 0.134 e. The number of likely N-dealkylation sites (tertiary alicyclic amines) is 1. The molecule has 1 aliphatic rings. The monoisotopic (exact) mass is 377 g/mol. The SMILES string of the molecule is CCN1CC[C@@H](N(C)Cc2cc3ccc(SC)cc3nc2Cl)[C@H](C)C1. The zero-order valence-corrected chi connectivity index (χ0v) is 17.2. The summed E-state index contributed by atoms with van der Waals surface area (Å²) in [4.78, 5) is 10.9. The highest BCUT2D eigenvalue weighted by molar-refractivity contribution is 7.98. The molecule has 1 aromatic heterocycles. The Morgan fingerprint density at radius 3 is 2.84 bits per heavy atom. The van der Waals surface area contributed by atoms with Crippen LogP contribution in [0.3, 0.4) is 0 Å². The van der Waals surface area contributed by atoms with Gasteiger partial charge in [0.25, 0.3) is 0 Å². The van der Waals surface area contributed by atoms with E-state index in [2.05, 4.69) is 66.2 Å². The van der Waals surface area contributed by atoms with Crippen LogP contribution in [-0.2, 0) is 6.54 Å². The van der Waals surface area contributed by atoms with Crippen molar-refractivity contribution in [2.75, 3.05) is 32.9 Å². The second-order valence-electron chi connectivity index (χ2n) is 7.14. The van der Waals surface area contributed by atoms with Gasteiger partial charge in [0.15, 0.2) is 0 Å². The van der Waals surface area contributed by atoms with E-state index in [1.807, 2.05) is 0 Å². The minimum absolute atomic E-state index is 0.605. The van der Waals surface area contributed by atoms with Gasteiger partial charge < -0.3 is 4.90 Å². The van der Waals surface area contributed by atoms with Gasteiger partial charge >= 0.3 is 0 Å². The van der Waals surface area contributed by atoms with Crippen LogP contribution in [0.15, 0.2) is 29.2 Å². The first kappa shape index (κ1) is 19.0. The Morgan fingerprint density at radius 2 is 2.16 bits per heavy atom. The number of thioether (sulfide) groups is 1. The predicted octanol–water partition coefficient (Wildman–Crippen LogP) is 4.77. The number of benzene rings is 1. The van der Waals surface area contributed by atoms with Crippen molar-refractivity contribution in [2.24, 2.45) is 5.92 Å². The number of rotatable bonds is 5. The number of aromatic nitrogens is 1. The summed E-state index contributed by atoms with van der Waals surface area (Å²) in [5.41, 5.74) is 2.10. The van der Waals surface area contributed by atoms with Crippen molar-refractivity contribution < 1.29 is 0 Å². The van der Waals surface area contributed by atoms with Gasteiger partial charge in [0.1, 0.15) is 5.15 Å². The van der Waals surface area contributed by atoms with Crippen LogP contribution in [0.5, 0.6) is 0 Å². The van der Waals surface area contributed by atoms with Gasteiger partial charge in [0.2, 0.25) is 0 Å². The molecule has 0 unspecified atom stereocenters. The van der Waals surface area contributed by atoms with Gasteiger partial charge in [-0.05, 0) is 56.9 Å². The highest BCUT2D eigenvalue weighted by Gasteiger charge is 2.28. The van der Waals surface area contributed by atoms with Crippen molar-refractivity contribution in [3.05, 3.63) is 35.0 Å². The second-order valence-corrected chi connectivity index (χ2v) is 8.38. The molecule has 1 saturated heterocycles. The molecule has 2 heterocycles. The number of halogens is 1. The van der Waals surface area contributed by atoms with Gasteiger partial charge in [-0.25, -0.2) is 4.98 Å². The van der Waals surface area contributed by atoms with Crippen LogP contribution < -0.4 is 0 Å². The molecule has 136 valence electrons. The summed E-state index contributed by atoms with van der Waals surface area (Å²) in [6.45, 7) is 9.00. The number of piperidine rings is 1. The molecule has 0 bridgehead atoms. The number of pyridine rings is 1. The lowest BCUT2D eigenvalue weighted by Gasteiger charge is -2.41. The van der Waals surface area contributed by atoms with E-state index < -0.39 is 0 Å². The van der Waals surface area contributed by atoms with Crippen molar-refractivity contribution in [3.63, 3.8) is 0 Å². The molecule has 0 spiro atoms. The molecule has 3 rings (SSSR count). The Morgan fingerprint density at radius 1 is 1.36 bits per heavy atom. The summed E-state index contributed by atoms with van der Waals surface area (Å²) >= 11 is 8.24. The molecule has 25 heavy (non-hydrogen) atoms. The van der Waals surface area contributed by atoms with Crippen molar-refractivity contribution >= 4 is 34.3 Å². The predicted molar refractivity (Wildman–Crippen MR) is 110 cm³/mol. The Kier molecular flexibility index (Phi) is 6.26. The first-order valence-electron chi connectivity index (χ1n) is 9.07. The molecule has 1 fully saturated rings. The van der Waals surface area contributed by atoms with E-state index in [0.29, 0.717) is 17.1 Å². The topological polar surface area (TPSA) is 19.4 Å². The lowest BCUT2D eigenvalue weighted by molar-refractivity contribution is 0.0787. The highest BCUT2D eigenvalue weighted by Crippen LogP contribution is 2.27. The molecule has 3 nitrogen and oxygen atoms in total. The van der Waals surface area contributed by atoms with Crippen LogP contribution in [0.4, 0.5) is 0 Å². The fourth-order valence-corrected chi connectivity index (χ4v) is 4.59. The normalized spacial score (nSPS) is 22.0. The van der Waals surface area contributed by atoms with E-state index in [1.165, 1.54) is 29.8 Å². The van der Waals surface area contributed by atoms with Crippen molar-refractivity contribution in [2.45, 2.75) is 37.8 Å². The minimum Gasteiger partial charge on any atom is -0.303 e. The van der Waals surface area contributed by atoms with E-state index >= 15 is 0 Å². The fourth-order valence-electron chi connectivity index (χ4n) is 3.95. The van der Waals surface area contributed by atoms with Crippen LogP contribution in [0.1, 0.15) is 25.8 Å². The summed E-state index contributed by atoms with van der Waals surface area (Å²) in [6, 6.07) is 9.22. The van der Waals surface area contributed by atoms with Gasteiger partial charge in [-0.3, -0.25) is 4.90 Å². The van der Waals surface area contributed by atoms with E-state index in [1.54, 1.807) is 11.8 Å². The van der Waals surface area contributed by atoms with Crippen LogP contribution in [0, 0.1) is 5.92 Å². The van der Waals surface area contributed by atoms with E-state index in [4.69, 9.17) is 11.6 Å². The minimum atomic E-state index is 0.605. The van der Waals surface area contributed by atoms with Gasteiger partial charge in [-0.15, -0.1) is 11.8 Å². The molecule has 0 amide bonds. The molecule has 0 N–H and O–H groups in total. The third-order valence-corrected chi connectivity index (χ3v) is 6.48. The van der Waals surface area contributed by atoms with Crippen molar-refractivity contribution in [1.82, 2.24) is 14.8 Å². The highest BCUT2D eigenvalue weighted by atomic mass is 35.5. The fraction of sp³-hybridized carbons (Fsp3) is 0.550. The van der Waals surface area contributed by atoms with E-state index in [0.717, 1.165) is 24.2 Å². The Balaban J connectivity index is 1.76. The average molecular weight is 378 g/mol. The largest absolute Gasteiger partial charge is 0.303 e. The standard InChI is InChI=1S/C20H28ClN3S/c1-5-24-9-8-19(14(2)12-24)23(3)13-16-10-15-6-7-17(25-4)11-18(15)22-20(16)21/h6-7,10-11,14,19H,5,8-9,12-13H2,1-4H3/t14-,19-/m1/s1. The number of fused-ring (bicyclic) bond motifs is 1. The summed E-state index contributed by atoms with van der Waals surface area (Å²) in [7, 11) is 2.22. The molecule has 2 aromatic rings.